The van der Waals surface area contributed by atoms with Crippen LogP contribution in [0.4, 0.5) is 0 Å². The number of rotatable bonds is 1. The van der Waals surface area contributed by atoms with Crippen molar-refractivity contribution in [2.24, 2.45) is 0 Å². The Morgan fingerprint density at radius 3 is 2.20 bits per heavy atom. The SMILES string of the molecule is [B]CC(C)S. The second kappa shape index (κ2) is 2.64. The van der Waals surface area contributed by atoms with Gasteiger partial charge in [-0.3, -0.25) is 0 Å². The van der Waals surface area contributed by atoms with Crippen molar-refractivity contribution in [2.45, 2.75) is 18.5 Å². The molecule has 0 aliphatic rings. The summed E-state index contributed by atoms with van der Waals surface area (Å²) in [7, 11) is 5.09. The molecule has 1 unspecified atom stereocenters. The minimum Gasteiger partial charge on any atom is -0.177 e. The lowest BCUT2D eigenvalue weighted by Crippen LogP contribution is -1.84. The molecule has 0 N–H and O–H groups in total. The van der Waals surface area contributed by atoms with E-state index in [1.807, 2.05) is 6.92 Å². The third-order valence-corrected chi connectivity index (χ3v) is 0.552. The molecule has 0 saturated carbocycles. The maximum Gasteiger partial charge on any atom is 0.0667 e. The molecule has 0 saturated heterocycles. The smallest absolute Gasteiger partial charge is 0.0667 e. The number of hydrogen-bond donors (Lipinski definition) is 1. The van der Waals surface area contributed by atoms with Crippen LogP contribution >= 0.6 is 12.6 Å². The van der Waals surface area contributed by atoms with Crippen LogP contribution in [-0.2, 0) is 0 Å². The van der Waals surface area contributed by atoms with Crippen LogP contribution in [0.15, 0.2) is 0 Å². The lowest BCUT2D eigenvalue weighted by atomic mass is 10.0. The first kappa shape index (κ1) is 5.41. The molecule has 0 aromatic heterocycles. The van der Waals surface area contributed by atoms with Crippen molar-refractivity contribution in [3.8, 4) is 0 Å². The van der Waals surface area contributed by atoms with Gasteiger partial charge in [-0.25, -0.2) is 0 Å². The van der Waals surface area contributed by atoms with Crippen LogP contribution in [0.1, 0.15) is 6.92 Å². The Hall–Kier alpha value is 0.415. The molecule has 0 fully saturated rings. The highest BCUT2D eigenvalue weighted by Gasteiger charge is 1.80. The Labute approximate surface area is 39.8 Å². The van der Waals surface area contributed by atoms with Gasteiger partial charge >= 0.3 is 0 Å². The van der Waals surface area contributed by atoms with Gasteiger partial charge in [-0.05, 0) is 5.25 Å². The van der Waals surface area contributed by atoms with Crippen molar-refractivity contribution < 1.29 is 0 Å². The van der Waals surface area contributed by atoms with E-state index in [9.17, 15) is 0 Å². The molecule has 2 heteroatoms. The van der Waals surface area contributed by atoms with Crippen molar-refractivity contribution in [3.05, 3.63) is 0 Å². The minimum absolute atomic E-state index is 0.356. The number of hydrogen-bond acceptors (Lipinski definition) is 1. The Balaban J connectivity index is 2.54. The monoisotopic (exact) mass is 86.0 g/mol. The predicted octanol–water partition coefficient (Wildman–Crippen LogP) is 0.891. The predicted molar refractivity (Wildman–Crippen MR) is 29.0 cm³/mol. The van der Waals surface area contributed by atoms with E-state index in [0.717, 1.165) is 0 Å². The molecule has 0 aromatic rings. The van der Waals surface area contributed by atoms with Gasteiger partial charge in [0.15, 0.2) is 0 Å². The van der Waals surface area contributed by atoms with Gasteiger partial charge in [-0.15, -0.1) is 0 Å². The zero-order valence-electron chi connectivity index (χ0n) is 3.31. The fourth-order valence-electron chi connectivity index (χ4n) is 0. The third kappa shape index (κ3) is 4.41. The van der Waals surface area contributed by atoms with Crippen LogP contribution in [0.25, 0.3) is 0 Å². The van der Waals surface area contributed by atoms with Crippen LogP contribution in [0.5, 0.6) is 0 Å². The van der Waals surface area contributed by atoms with Crippen LogP contribution < -0.4 is 0 Å². The Kier molecular flexibility index (Phi) is 2.86. The van der Waals surface area contributed by atoms with Gasteiger partial charge < -0.3 is 0 Å². The summed E-state index contributed by atoms with van der Waals surface area (Å²) in [5, 5.41) is 0.356. The summed E-state index contributed by atoms with van der Waals surface area (Å²) in [6, 6.07) is 0. The van der Waals surface area contributed by atoms with E-state index >= 15 is 0 Å². The first-order chi connectivity index (χ1) is 2.27. The van der Waals surface area contributed by atoms with Crippen molar-refractivity contribution in [1.29, 1.82) is 0 Å². The van der Waals surface area contributed by atoms with Crippen molar-refractivity contribution in [3.63, 3.8) is 0 Å². The lowest BCUT2D eigenvalue weighted by molar-refractivity contribution is 1.12. The average Bonchev–Trinajstić information content (AvgIpc) is 1.38. The van der Waals surface area contributed by atoms with Gasteiger partial charge in [0.1, 0.15) is 0 Å². The van der Waals surface area contributed by atoms with Crippen molar-refractivity contribution >= 4 is 20.5 Å². The van der Waals surface area contributed by atoms with E-state index in [0.29, 0.717) is 11.6 Å². The zero-order valence-corrected chi connectivity index (χ0v) is 4.20. The normalized spacial score (nSPS) is 14.8. The second-order valence-electron chi connectivity index (χ2n) is 1.08. The molecule has 1 atom stereocenters. The van der Waals surface area contributed by atoms with Gasteiger partial charge in [-0.1, -0.05) is 13.2 Å². The van der Waals surface area contributed by atoms with Gasteiger partial charge in [0.2, 0.25) is 0 Å². The quantitative estimate of drug-likeness (QED) is 0.355. The number of thiol groups is 1. The molecule has 2 radical (unpaired) electrons. The highest BCUT2D eigenvalue weighted by atomic mass is 32.1. The molecule has 0 rings (SSSR count). The van der Waals surface area contributed by atoms with Crippen molar-refractivity contribution in [2.75, 3.05) is 0 Å². The molecule has 28 valence electrons. The van der Waals surface area contributed by atoms with E-state index in [4.69, 9.17) is 7.85 Å². The van der Waals surface area contributed by atoms with E-state index in [1.165, 1.54) is 0 Å². The maximum atomic E-state index is 5.09. The average molecular weight is 86.0 g/mol. The first-order valence-electron chi connectivity index (χ1n) is 1.65. The molecule has 0 nitrogen and oxygen atoms in total. The maximum absolute atomic E-state index is 5.09. The topological polar surface area (TPSA) is 0 Å². The van der Waals surface area contributed by atoms with Crippen LogP contribution in [0.3, 0.4) is 0 Å². The third-order valence-electron chi connectivity index (χ3n) is 0.341. The molecule has 0 aliphatic carbocycles. The van der Waals surface area contributed by atoms with Crippen LogP contribution in [0.2, 0.25) is 6.32 Å². The molecular formula is C3H7BS. The fourth-order valence-corrected chi connectivity index (χ4v) is 0. The first-order valence-corrected chi connectivity index (χ1v) is 2.17. The molecule has 0 heterocycles. The van der Waals surface area contributed by atoms with Gasteiger partial charge in [0, 0.05) is 0 Å². The Bertz CT molecular complexity index is 20.9. The molecule has 5 heavy (non-hydrogen) atoms. The van der Waals surface area contributed by atoms with Crippen molar-refractivity contribution in [1.82, 2.24) is 0 Å². The highest BCUT2D eigenvalue weighted by Crippen LogP contribution is 1.93. The van der Waals surface area contributed by atoms with Gasteiger partial charge in [-0.2, -0.15) is 12.6 Å². The summed E-state index contributed by atoms with van der Waals surface area (Å²) >= 11 is 3.97. The molecule has 0 aromatic carbocycles. The summed E-state index contributed by atoms with van der Waals surface area (Å²) in [5.41, 5.74) is 0. The summed E-state index contributed by atoms with van der Waals surface area (Å²) < 4.78 is 0. The zero-order chi connectivity index (χ0) is 4.28. The van der Waals surface area contributed by atoms with Crippen LogP contribution in [0, 0.1) is 0 Å². The van der Waals surface area contributed by atoms with Gasteiger partial charge in [0.05, 0.1) is 7.85 Å². The molecule has 0 spiro atoms. The molecule has 0 aliphatic heterocycles. The largest absolute Gasteiger partial charge is 0.177 e. The van der Waals surface area contributed by atoms with Gasteiger partial charge in [0.25, 0.3) is 0 Å². The molecule has 0 amide bonds. The summed E-state index contributed by atoms with van der Waals surface area (Å²) in [6.07, 6.45) is 0.670. The summed E-state index contributed by atoms with van der Waals surface area (Å²) in [6.45, 7) is 1.96. The van der Waals surface area contributed by atoms with E-state index in [-0.39, 0.29) is 0 Å². The van der Waals surface area contributed by atoms with E-state index in [2.05, 4.69) is 12.6 Å². The van der Waals surface area contributed by atoms with Crippen LogP contribution in [-0.4, -0.2) is 13.1 Å². The minimum atomic E-state index is 0.356. The second-order valence-corrected chi connectivity index (χ2v) is 1.97. The Morgan fingerprint density at radius 2 is 2.20 bits per heavy atom. The highest BCUT2D eigenvalue weighted by molar-refractivity contribution is 7.81. The summed E-state index contributed by atoms with van der Waals surface area (Å²) in [4.78, 5) is 0. The van der Waals surface area contributed by atoms with E-state index in [1.54, 1.807) is 0 Å². The standard InChI is InChI=1S/C3H7BS/c1-3(5)2-4/h3,5H,2H2,1H3. The Morgan fingerprint density at radius 1 is 2.00 bits per heavy atom. The lowest BCUT2D eigenvalue weighted by Gasteiger charge is -1.90. The molecular weight excluding hydrogens is 78.9 g/mol. The summed E-state index contributed by atoms with van der Waals surface area (Å²) in [5.74, 6) is 0. The van der Waals surface area contributed by atoms with E-state index < -0.39 is 0 Å². The fraction of sp³-hybridized carbons (Fsp3) is 1.00. The molecule has 0 bridgehead atoms.